The second kappa shape index (κ2) is 10.5. The molecule has 2 aromatic rings. The number of aryl methyl sites for hydroxylation is 2. The first-order chi connectivity index (χ1) is 16.2. The Morgan fingerprint density at radius 2 is 1.62 bits per heavy atom. The number of anilines is 1. The van der Waals surface area contributed by atoms with Gasteiger partial charge in [0.1, 0.15) is 0 Å². The normalized spacial score (nSPS) is 17.8. The first-order valence-corrected chi connectivity index (χ1v) is 13.2. The molecule has 4 rings (SSSR count). The highest BCUT2D eigenvalue weighted by Crippen LogP contribution is 2.40. The minimum absolute atomic E-state index is 0.168. The molecule has 0 aliphatic carbocycles. The number of likely N-dealkylation sites (tertiary alicyclic amines) is 1. The first-order valence-electron chi connectivity index (χ1n) is 12.4. The van der Waals surface area contributed by atoms with Gasteiger partial charge >= 0.3 is 0 Å². The van der Waals surface area contributed by atoms with Gasteiger partial charge in [-0.05, 0) is 88.0 Å². The minimum Gasteiger partial charge on any atom is -0.368 e. The smallest absolute Gasteiger partial charge is 0.225 e. The summed E-state index contributed by atoms with van der Waals surface area (Å²) in [6, 6.07) is 10.7. The van der Waals surface area contributed by atoms with Crippen LogP contribution in [0.4, 0.5) is 5.69 Å². The molecule has 6 heteroatoms. The van der Waals surface area contributed by atoms with Crippen molar-refractivity contribution in [1.82, 2.24) is 9.80 Å². The van der Waals surface area contributed by atoms with E-state index in [0.29, 0.717) is 11.8 Å². The van der Waals surface area contributed by atoms with E-state index in [1.807, 2.05) is 30.1 Å². The van der Waals surface area contributed by atoms with Gasteiger partial charge in [0.2, 0.25) is 5.91 Å². The average molecular weight is 503 g/mol. The van der Waals surface area contributed by atoms with Crippen molar-refractivity contribution in [3.63, 3.8) is 0 Å². The molecule has 0 aromatic heterocycles. The number of amides is 1. The molecule has 0 bridgehead atoms. The van der Waals surface area contributed by atoms with Gasteiger partial charge in [-0.1, -0.05) is 41.4 Å². The van der Waals surface area contributed by atoms with Gasteiger partial charge in [0.05, 0.1) is 15.7 Å². The van der Waals surface area contributed by atoms with E-state index in [9.17, 15) is 4.79 Å². The van der Waals surface area contributed by atoms with E-state index in [4.69, 9.17) is 23.2 Å². The number of halogens is 2. The third-order valence-electron chi connectivity index (χ3n) is 7.77. The molecule has 0 saturated carbocycles. The summed E-state index contributed by atoms with van der Waals surface area (Å²) < 4.78 is 0. The zero-order chi connectivity index (χ0) is 24.6. The van der Waals surface area contributed by atoms with Crippen LogP contribution in [0.15, 0.2) is 30.3 Å². The minimum atomic E-state index is 0.168. The van der Waals surface area contributed by atoms with Crippen molar-refractivity contribution in [3.8, 4) is 0 Å². The zero-order valence-corrected chi connectivity index (χ0v) is 22.6. The molecular weight excluding hydrogens is 465 g/mol. The lowest BCUT2D eigenvalue weighted by atomic mass is 9.86. The van der Waals surface area contributed by atoms with E-state index in [0.717, 1.165) is 61.3 Å². The molecule has 2 aromatic carbocycles. The summed E-state index contributed by atoms with van der Waals surface area (Å²) in [5, 5.41) is 1.44. The van der Waals surface area contributed by atoms with Gasteiger partial charge in [-0.25, -0.2) is 0 Å². The van der Waals surface area contributed by atoms with Crippen molar-refractivity contribution in [1.29, 1.82) is 0 Å². The summed E-state index contributed by atoms with van der Waals surface area (Å²) in [4.78, 5) is 19.4. The van der Waals surface area contributed by atoms with Crippen LogP contribution in [0.2, 0.25) is 10.0 Å². The number of para-hydroxylation sites is 1. The van der Waals surface area contributed by atoms with Crippen molar-refractivity contribution < 1.29 is 4.79 Å². The molecular formula is C28H37Cl2N3O. The number of nitrogens with zero attached hydrogens (tertiary/aromatic N) is 3. The standard InChI is InChI=1S/C28H37Cl2N3O/c1-18(2)31(5)28(34)21-9-11-32(12-10-21)17-24-19(3)13-22(14-20(24)4)23-15-33(16-23)27-25(29)7-6-8-26(27)30/h6-8,13-14,18,21,23H,9-12,15-17H2,1-5H3. The quantitative estimate of drug-likeness (QED) is 0.464. The SMILES string of the molecule is Cc1cc(C2CN(c3c(Cl)cccc3Cl)C2)cc(C)c1CN1CCC(C(=O)N(C)C(C)C)CC1. The van der Waals surface area contributed by atoms with Gasteiger partial charge in [-0.15, -0.1) is 0 Å². The summed E-state index contributed by atoms with van der Waals surface area (Å²) in [6.45, 7) is 13.4. The number of rotatable bonds is 6. The molecule has 0 N–H and O–H groups in total. The van der Waals surface area contributed by atoms with E-state index in [-0.39, 0.29) is 12.0 Å². The summed E-state index contributed by atoms with van der Waals surface area (Å²) in [7, 11) is 1.93. The Hall–Kier alpha value is -1.75. The molecule has 34 heavy (non-hydrogen) atoms. The van der Waals surface area contributed by atoms with Crippen LogP contribution >= 0.6 is 23.2 Å². The highest BCUT2D eigenvalue weighted by atomic mass is 35.5. The number of benzene rings is 2. The van der Waals surface area contributed by atoms with Crippen molar-refractivity contribution in [3.05, 3.63) is 62.6 Å². The zero-order valence-electron chi connectivity index (χ0n) is 21.1. The van der Waals surface area contributed by atoms with Gasteiger partial charge < -0.3 is 9.80 Å². The van der Waals surface area contributed by atoms with Crippen molar-refractivity contribution >= 4 is 34.8 Å². The molecule has 0 atom stereocenters. The lowest BCUT2D eigenvalue weighted by molar-refractivity contribution is -0.137. The van der Waals surface area contributed by atoms with E-state index in [1.165, 1.54) is 22.3 Å². The van der Waals surface area contributed by atoms with E-state index in [2.05, 4.69) is 49.6 Å². The summed E-state index contributed by atoms with van der Waals surface area (Å²) in [6.07, 6.45) is 1.91. The maximum atomic E-state index is 12.7. The fourth-order valence-corrected chi connectivity index (χ4v) is 5.92. The van der Waals surface area contributed by atoms with Crippen LogP contribution in [0, 0.1) is 19.8 Å². The van der Waals surface area contributed by atoms with Gasteiger partial charge in [0.15, 0.2) is 0 Å². The predicted octanol–water partition coefficient (Wildman–Crippen LogP) is 6.29. The largest absolute Gasteiger partial charge is 0.368 e. The Morgan fingerprint density at radius 1 is 1.06 bits per heavy atom. The summed E-state index contributed by atoms with van der Waals surface area (Å²) >= 11 is 12.8. The second-order valence-electron chi connectivity index (χ2n) is 10.4. The number of hydrogen-bond donors (Lipinski definition) is 0. The molecule has 0 spiro atoms. The average Bonchev–Trinajstić information content (AvgIpc) is 2.76. The Labute approximate surface area is 214 Å². The number of piperidine rings is 1. The van der Waals surface area contributed by atoms with Crippen LogP contribution in [0.5, 0.6) is 0 Å². The van der Waals surface area contributed by atoms with Gasteiger partial charge in [-0.3, -0.25) is 9.69 Å². The van der Waals surface area contributed by atoms with Crippen LogP contribution in [-0.4, -0.2) is 55.0 Å². The second-order valence-corrected chi connectivity index (χ2v) is 11.2. The molecule has 2 saturated heterocycles. The molecule has 0 unspecified atom stereocenters. The van der Waals surface area contributed by atoms with E-state index >= 15 is 0 Å². The van der Waals surface area contributed by atoms with Crippen LogP contribution in [-0.2, 0) is 11.3 Å². The third-order valence-corrected chi connectivity index (χ3v) is 8.38. The fraction of sp³-hybridized carbons (Fsp3) is 0.536. The number of carbonyl (C=O) groups excluding carboxylic acids is 1. The summed E-state index contributed by atoms with van der Waals surface area (Å²) in [5.41, 5.74) is 6.51. The maximum absolute atomic E-state index is 12.7. The van der Waals surface area contributed by atoms with Crippen LogP contribution in [0.1, 0.15) is 54.9 Å². The summed E-state index contributed by atoms with van der Waals surface area (Å²) in [5.74, 6) is 0.971. The molecule has 2 aliphatic rings. The van der Waals surface area contributed by atoms with E-state index in [1.54, 1.807) is 0 Å². The molecule has 2 aliphatic heterocycles. The molecule has 1 amide bonds. The van der Waals surface area contributed by atoms with Crippen molar-refractivity contribution in [2.75, 3.05) is 38.1 Å². The predicted molar refractivity (Wildman–Crippen MR) is 143 cm³/mol. The van der Waals surface area contributed by atoms with Crippen LogP contribution < -0.4 is 4.90 Å². The molecule has 0 radical (unpaired) electrons. The van der Waals surface area contributed by atoms with Gasteiger partial charge in [0.25, 0.3) is 0 Å². The molecule has 2 fully saturated rings. The first kappa shape index (κ1) is 25.3. The number of carbonyl (C=O) groups is 1. The highest BCUT2D eigenvalue weighted by Gasteiger charge is 2.32. The number of hydrogen-bond acceptors (Lipinski definition) is 3. The van der Waals surface area contributed by atoms with Gasteiger partial charge in [-0.2, -0.15) is 0 Å². The van der Waals surface area contributed by atoms with Crippen LogP contribution in [0.3, 0.4) is 0 Å². The van der Waals surface area contributed by atoms with Gasteiger partial charge in [0, 0.05) is 44.6 Å². The molecule has 184 valence electrons. The monoisotopic (exact) mass is 501 g/mol. The van der Waals surface area contributed by atoms with E-state index < -0.39 is 0 Å². The molecule has 4 nitrogen and oxygen atoms in total. The Bertz CT molecular complexity index is 997. The van der Waals surface area contributed by atoms with Crippen molar-refractivity contribution in [2.24, 2.45) is 5.92 Å². The fourth-order valence-electron chi connectivity index (χ4n) is 5.28. The van der Waals surface area contributed by atoms with Crippen molar-refractivity contribution in [2.45, 2.75) is 59.0 Å². The highest BCUT2D eigenvalue weighted by molar-refractivity contribution is 6.39. The Balaban J connectivity index is 1.36. The topological polar surface area (TPSA) is 26.8 Å². The Kier molecular flexibility index (Phi) is 7.81. The van der Waals surface area contributed by atoms with Crippen LogP contribution in [0.25, 0.3) is 0 Å². The maximum Gasteiger partial charge on any atom is 0.225 e. The third kappa shape index (κ3) is 5.24. The lowest BCUT2D eigenvalue weighted by Crippen LogP contribution is -2.45. The Morgan fingerprint density at radius 3 is 2.15 bits per heavy atom. The lowest BCUT2D eigenvalue weighted by Gasteiger charge is -2.42. The molecule has 2 heterocycles.